The average Bonchev–Trinajstić information content (AvgIpc) is 2.31. The number of rotatable bonds is 3. The molecule has 0 fully saturated rings. The number of aromatic nitrogens is 2. The van der Waals surface area contributed by atoms with Crippen molar-refractivity contribution in [2.45, 2.75) is 19.9 Å². The Morgan fingerprint density at radius 2 is 2.17 bits per heavy atom. The molecule has 1 aromatic heterocycles. The van der Waals surface area contributed by atoms with Gasteiger partial charge in [-0.1, -0.05) is 6.07 Å². The van der Waals surface area contributed by atoms with Gasteiger partial charge in [0.1, 0.15) is 5.75 Å². The number of halogens is 1. The Hall–Kier alpha value is -1.37. The van der Waals surface area contributed by atoms with Gasteiger partial charge in [0.15, 0.2) is 0 Å². The van der Waals surface area contributed by atoms with E-state index in [1.807, 2.05) is 32.0 Å². The SMILES string of the molecule is CC(C)n1ccnc(Oc2cccc(I)c2)c1=O. The van der Waals surface area contributed by atoms with Crippen LogP contribution in [-0.2, 0) is 0 Å². The molecule has 0 atom stereocenters. The molecule has 0 bridgehead atoms. The highest BCUT2D eigenvalue weighted by Crippen LogP contribution is 2.19. The lowest BCUT2D eigenvalue weighted by atomic mass is 10.3. The predicted octanol–water partition coefficient (Wildman–Crippen LogP) is 3.22. The first-order valence-electron chi connectivity index (χ1n) is 5.58. The zero-order valence-corrected chi connectivity index (χ0v) is 12.3. The fraction of sp³-hybridized carbons (Fsp3) is 0.231. The van der Waals surface area contributed by atoms with Gasteiger partial charge >= 0.3 is 5.56 Å². The second-order valence-electron chi connectivity index (χ2n) is 4.10. The minimum absolute atomic E-state index is 0.0822. The van der Waals surface area contributed by atoms with Gasteiger partial charge in [0.25, 0.3) is 5.88 Å². The Kier molecular flexibility index (Phi) is 4.00. The van der Waals surface area contributed by atoms with Crippen LogP contribution in [0.4, 0.5) is 0 Å². The summed E-state index contributed by atoms with van der Waals surface area (Å²) in [5, 5.41) is 0. The first-order chi connectivity index (χ1) is 8.58. The maximum absolute atomic E-state index is 12.1. The highest BCUT2D eigenvalue weighted by Gasteiger charge is 2.09. The number of nitrogens with zero attached hydrogens (tertiary/aromatic N) is 2. The molecule has 1 heterocycles. The smallest absolute Gasteiger partial charge is 0.313 e. The van der Waals surface area contributed by atoms with Crippen LogP contribution in [0.3, 0.4) is 0 Å². The molecule has 2 rings (SSSR count). The molecule has 2 aromatic rings. The van der Waals surface area contributed by atoms with E-state index in [1.54, 1.807) is 23.0 Å². The van der Waals surface area contributed by atoms with E-state index in [-0.39, 0.29) is 17.5 Å². The molecule has 94 valence electrons. The molecule has 5 heteroatoms. The molecule has 0 saturated heterocycles. The van der Waals surface area contributed by atoms with E-state index in [2.05, 4.69) is 27.6 Å². The minimum atomic E-state index is -0.216. The minimum Gasteiger partial charge on any atom is -0.435 e. The van der Waals surface area contributed by atoms with Crippen molar-refractivity contribution in [2.75, 3.05) is 0 Å². The van der Waals surface area contributed by atoms with E-state index in [1.165, 1.54) is 0 Å². The monoisotopic (exact) mass is 356 g/mol. The maximum atomic E-state index is 12.1. The Labute approximate surface area is 119 Å². The zero-order valence-electron chi connectivity index (χ0n) is 10.1. The van der Waals surface area contributed by atoms with Crippen LogP contribution in [0, 0.1) is 3.57 Å². The van der Waals surface area contributed by atoms with Crippen LogP contribution in [0.25, 0.3) is 0 Å². The summed E-state index contributed by atoms with van der Waals surface area (Å²) in [6.07, 6.45) is 3.24. The molecule has 1 aromatic carbocycles. The molecule has 0 aliphatic heterocycles. The van der Waals surface area contributed by atoms with Crippen molar-refractivity contribution in [1.82, 2.24) is 9.55 Å². The summed E-state index contributed by atoms with van der Waals surface area (Å²) in [5.41, 5.74) is -0.216. The van der Waals surface area contributed by atoms with E-state index < -0.39 is 0 Å². The van der Waals surface area contributed by atoms with Crippen LogP contribution in [0.2, 0.25) is 0 Å². The quantitative estimate of drug-likeness (QED) is 0.794. The van der Waals surface area contributed by atoms with Crippen LogP contribution in [0.1, 0.15) is 19.9 Å². The largest absolute Gasteiger partial charge is 0.435 e. The second kappa shape index (κ2) is 5.51. The third-order valence-corrected chi connectivity index (χ3v) is 3.07. The van der Waals surface area contributed by atoms with Gasteiger partial charge in [-0.25, -0.2) is 4.98 Å². The fourth-order valence-corrected chi connectivity index (χ4v) is 2.04. The lowest BCUT2D eigenvalue weighted by Crippen LogP contribution is -2.23. The maximum Gasteiger partial charge on any atom is 0.313 e. The summed E-state index contributed by atoms with van der Waals surface area (Å²) in [6.45, 7) is 3.88. The molecule has 0 radical (unpaired) electrons. The molecule has 0 unspecified atom stereocenters. The lowest BCUT2D eigenvalue weighted by molar-refractivity contribution is 0.437. The summed E-state index contributed by atoms with van der Waals surface area (Å²) in [5.74, 6) is 0.723. The molecule has 0 N–H and O–H groups in total. The fourth-order valence-electron chi connectivity index (χ4n) is 1.52. The van der Waals surface area contributed by atoms with E-state index in [9.17, 15) is 4.79 Å². The van der Waals surface area contributed by atoms with E-state index >= 15 is 0 Å². The Bertz CT molecular complexity index is 608. The van der Waals surface area contributed by atoms with Gasteiger partial charge in [-0.05, 0) is 54.6 Å². The number of hydrogen-bond donors (Lipinski definition) is 0. The van der Waals surface area contributed by atoms with Gasteiger partial charge < -0.3 is 9.30 Å². The van der Waals surface area contributed by atoms with Crippen molar-refractivity contribution in [1.29, 1.82) is 0 Å². The Balaban J connectivity index is 2.36. The molecule has 4 nitrogen and oxygen atoms in total. The summed E-state index contributed by atoms with van der Waals surface area (Å²) in [7, 11) is 0. The molecule has 0 spiro atoms. The average molecular weight is 356 g/mol. The lowest BCUT2D eigenvalue weighted by Gasteiger charge is -2.11. The van der Waals surface area contributed by atoms with Crippen LogP contribution < -0.4 is 10.3 Å². The van der Waals surface area contributed by atoms with Gasteiger partial charge in [-0.3, -0.25) is 4.79 Å². The summed E-state index contributed by atoms with van der Waals surface area (Å²) in [4.78, 5) is 16.1. The molecular weight excluding hydrogens is 343 g/mol. The van der Waals surface area contributed by atoms with Crippen molar-refractivity contribution in [2.24, 2.45) is 0 Å². The third-order valence-electron chi connectivity index (χ3n) is 2.40. The van der Waals surface area contributed by atoms with Gasteiger partial charge in [-0.2, -0.15) is 0 Å². The van der Waals surface area contributed by atoms with E-state index in [0.717, 1.165) is 3.57 Å². The van der Waals surface area contributed by atoms with Gasteiger partial charge in [0.2, 0.25) is 0 Å². The number of ether oxygens (including phenoxy) is 1. The van der Waals surface area contributed by atoms with Crippen molar-refractivity contribution in [3.8, 4) is 11.6 Å². The van der Waals surface area contributed by atoms with Crippen molar-refractivity contribution >= 4 is 22.6 Å². The predicted molar refractivity (Wildman–Crippen MR) is 78.1 cm³/mol. The third kappa shape index (κ3) is 2.90. The van der Waals surface area contributed by atoms with Crippen LogP contribution >= 0.6 is 22.6 Å². The molecule has 0 saturated carbocycles. The number of hydrogen-bond acceptors (Lipinski definition) is 3. The topological polar surface area (TPSA) is 44.1 Å². The van der Waals surface area contributed by atoms with Crippen molar-refractivity contribution in [3.63, 3.8) is 0 Å². The first kappa shape index (κ1) is 13.1. The molecule has 0 aliphatic carbocycles. The molecule has 18 heavy (non-hydrogen) atoms. The summed E-state index contributed by atoms with van der Waals surface area (Å²) in [6, 6.07) is 7.57. The van der Waals surface area contributed by atoms with Crippen molar-refractivity contribution in [3.05, 3.63) is 50.6 Å². The van der Waals surface area contributed by atoms with Crippen LogP contribution in [0.5, 0.6) is 11.6 Å². The standard InChI is InChI=1S/C13H13IN2O2/c1-9(2)16-7-6-15-12(13(16)17)18-11-5-3-4-10(14)8-11/h3-9H,1-2H3. The Morgan fingerprint density at radius 1 is 1.39 bits per heavy atom. The van der Waals surface area contributed by atoms with Crippen molar-refractivity contribution < 1.29 is 4.74 Å². The molecular formula is C13H13IN2O2. The highest BCUT2D eigenvalue weighted by molar-refractivity contribution is 14.1. The van der Waals surface area contributed by atoms with Gasteiger partial charge in [0, 0.05) is 22.0 Å². The summed E-state index contributed by atoms with van der Waals surface area (Å²) < 4.78 is 8.17. The summed E-state index contributed by atoms with van der Waals surface area (Å²) >= 11 is 2.19. The zero-order chi connectivity index (χ0) is 13.1. The van der Waals surface area contributed by atoms with Gasteiger partial charge in [-0.15, -0.1) is 0 Å². The highest BCUT2D eigenvalue weighted by atomic mass is 127. The van der Waals surface area contributed by atoms with Crippen LogP contribution in [0.15, 0.2) is 41.5 Å². The van der Waals surface area contributed by atoms with Crippen LogP contribution in [-0.4, -0.2) is 9.55 Å². The Morgan fingerprint density at radius 3 is 2.83 bits per heavy atom. The van der Waals surface area contributed by atoms with Gasteiger partial charge in [0.05, 0.1) is 0 Å². The normalized spacial score (nSPS) is 10.7. The van der Waals surface area contributed by atoms with E-state index in [0.29, 0.717) is 5.75 Å². The van der Waals surface area contributed by atoms with E-state index in [4.69, 9.17) is 4.74 Å². The first-order valence-corrected chi connectivity index (χ1v) is 6.66. The molecule has 0 aliphatic rings. The number of benzene rings is 1. The molecule has 0 amide bonds. The second-order valence-corrected chi connectivity index (χ2v) is 5.34.